The molecule has 2 rings (SSSR count). The van der Waals surface area contributed by atoms with Gasteiger partial charge in [0.25, 0.3) is 0 Å². The summed E-state index contributed by atoms with van der Waals surface area (Å²) in [6.45, 7) is -2.85. The van der Waals surface area contributed by atoms with E-state index < -0.39 is 12.7 Å². The van der Waals surface area contributed by atoms with Crippen LogP contribution in [0.4, 0.5) is 8.78 Å². The zero-order valence-corrected chi connectivity index (χ0v) is 11.9. The van der Waals surface area contributed by atoms with E-state index in [0.29, 0.717) is 10.6 Å². The second kappa shape index (κ2) is 7.43. The number of hydrogen-bond donors (Lipinski definition) is 1. The van der Waals surface area contributed by atoms with E-state index in [-0.39, 0.29) is 18.2 Å². The van der Waals surface area contributed by atoms with E-state index in [1.807, 2.05) is 6.07 Å². The number of halogens is 4. The van der Waals surface area contributed by atoms with E-state index in [9.17, 15) is 8.78 Å². The Hall–Kier alpha value is -1.36. The second-order valence-electron chi connectivity index (χ2n) is 3.98. The van der Waals surface area contributed by atoms with Crippen LogP contribution in [0.1, 0.15) is 17.2 Å². The van der Waals surface area contributed by atoms with Gasteiger partial charge in [-0.1, -0.05) is 35.9 Å². The highest BCUT2D eigenvalue weighted by Crippen LogP contribution is 2.25. The fourth-order valence-corrected chi connectivity index (χ4v) is 1.98. The number of nitrogens with two attached hydrogens (primary N) is 1. The van der Waals surface area contributed by atoms with Crippen LogP contribution in [0.5, 0.6) is 5.75 Å². The fraction of sp³-hybridized carbons (Fsp3) is 0.143. The molecule has 0 radical (unpaired) electrons. The van der Waals surface area contributed by atoms with Crippen LogP contribution in [-0.4, -0.2) is 6.61 Å². The fourth-order valence-electron chi connectivity index (χ4n) is 1.78. The lowest BCUT2D eigenvalue weighted by molar-refractivity contribution is -0.0498. The van der Waals surface area contributed by atoms with Gasteiger partial charge in [0.05, 0.1) is 6.04 Å². The van der Waals surface area contributed by atoms with Crippen LogP contribution in [0.15, 0.2) is 48.5 Å². The summed E-state index contributed by atoms with van der Waals surface area (Å²) < 4.78 is 28.7. The quantitative estimate of drug-likeness (QED) is 0.905. The Morgan fingerprint density at radius 2 is 1.60 bits per heavy atom. The highest BCUT2D eigenvalue weighted by molar-refractivity contribution is 6.30. The monoisotopic (exact) mass is 319 g/mol. The lowest BCUT2D eigenvalue weighted by atomic mass is 9.99. The predicted molar refractivity (Wildman–Crippen MR) is 77.8 cm³/mol. The van der Waals surface area contributed by atoms with Gasteiger partial charge >= 0.3 is 6.61 Å². The smallest absolute Gasteiger partial charge is 0.387 e. The molecule has 2 N–H and O–H groups in total. The van der Waals surface area contributed by atoms with Crippen LogP contribution in [0.25, 0.3) is 0 Å². The number of alkyl halides is 2. The molecule has 2 nitrogen and oxygen atoms in total. The Kier molecular flexibility index (Phi) is 6.20. The van der Waals surface area contributed by atoms with E-state index >= 15 is 0 Å². The number of hydrogen-bond acceptors (Lipinski definition) is 2. The van der Waals surface area contributed by atoms with E-state index in [2.05, 4.69) is 4.74 Å². The minimum atomic E-state index is -2.85. The molecule has 6 heteroatoms. The topological polar surface area (TPSA) is 35.2 Å². The molecule has 0 amide bonds. The van der Waals surface area contributed by atoms with Gasteiger partial charge in [0.1, 0.15) is 5.75 Å². The number of rotatable bonds is 4. The molecule has 108 valence electrons. The van der Waals surface area contributed by atoms with E-state index in [0.717, 1.165) is 5.56 Å². The lowest BCUT2D eigenvalue weighted by Crippen LogP contribution is -2.12. The summed E-state index contributed by atoms with van der Waals surface area (Å²) in [6.07, 6.45) is 0. The second-order valence-corrected chi connectivity index (χ2v) is 4.42. The predicted octanol–water partition coefficient (Wildman–Crippen LogP) is 4.41. The molecule has 20 heavy (non-hydrogen) atoms. The first-order chi connectivity index (χ1) is 9.06. The van der Waals surface area contributed by atoms with Crippen molar-refractivity contribution < 1.29 is 13.5 Å². The molecule has 0 saturated carbocycles. The van der Waals surface area contributed by atoms with Crippen LogP contribution in [0.2, 0.25) is 5.02 Å². The Balaban J connectivity index is 0.00000200. The first-order valence-corrected chi connectivity index (χ1v) is 6.00. The molecule has 1 atom stereocenters. The van der Waals surface area contributed by atoms with E-state index in [4.69, 9.17) is 17.3 Å². The third-order valence-electron chi connectivity index (χ3n) is 2.65. The Labute approximate surface area is 126 Å². The van der Waals surface area contributed by atoms with Crippen molar-refractivity contribution in [1.82, 2.24) is 0 Å². The van der Waals surface area contributed by atoms with Gasteiger partial charge in [-0.3, -0.25) is 0 Å². The maximum absolute atomic E-state index is 12.2. The third kappa shape index (κ3) is 4.34. The number of benzene rings is 2. The first-order valence-electron chi connectivity index (χ1n) is 5.62. The molecule has 0 spiro atoms. The van der Waals surface area contributed by atoms with Crippen molar-refractivity contribution in [3.05, 3.63) is 64.7 Å². The van der Waals surface area contributed by atoms with Crippen molar-refractivity contribution in [2.24, 2.45) is 5.73 Å². The zero-order chi connectivity index (χ0) is 13.8. The molecule has 1 unspecified atom stereocenters. The van der Waals surface area contributed by atoms with Gasteiger partial charge in [0.2, 0.25) is 0 Å². The molecule has 0 heterocycles. The van der Waals surface area contributed by atoms with Gasteiger partial charge < -0.3 is 10.5 Å². The molecular formula is C14H13Cl2F2NO. The van der Waals surface area contributed by atoms with Crippen LogP contribution >= 0.6 is 24.0 Å². The average molecular weight is 320 g/mol. The Morgan fingerprint density at radius 3 is 2.20 bits per heavy atom. The zero-order valence-electron chi connectivity index (χ0n) is 10.3. The summed E-state index contributed by atoms with van der Waals surface area (Å²) in [4.78, 5) is 0. The minimum absolute atomic E-state index is 0. The minimum Gasteiger partial charge on any atom is -0.435 e. The summed E-state index contributed by atoms with van der Waals surface area (Å²) in [5.74, 6) is 0.0879. The molecule has 0 fully saturated rings. The van der Waals surface area contributed by atoms with Crippen LogP contribution in [0.3, 0.4) is 0 Å². The third-order valence-corrected chi connectivity index (χ3v) is 2.89. The maximum Gasteiger partial charge on any atom is 0.387 e. The largest absolute Gasteiger partial charge is 0.435 e. The van der Waals surface area contributed by atoms with Gasteiger partial charge in [-0.25, -0.2) is 0 Å². The maximum atomic E-state index is 12.2. The SMILES string of the molecule is Cl.NC(c1cccc(Cl)c1)c1cccc(OC(F)F)c1. The van der Waals surface area contributed by atoms with Gasteiger partial charge in [0.15, 0.2) is 0 Å². The van der Waals surface area contributed by atoms with Crippen molar-refractivity contribution in [3.63, 3.8) is 0 Å². The standard InChI is InChI=1S/C14H12ClF2NO.ClH/c15-11-5-1-3-9(7-11)13(18)10-4-2-6-12(8-10)19-14(16)17;/h1-8,13-14H,18H2;1H. The molecular weight excluding hydrogens is 307 g/mol. The van der Waals surface area contributed by atoms with Crippen LogP contribution in [-0.2, 0) is 0 Å². The lowest BCUT2D eigenvalue weighted by Gasteiger charge is -2.14. The van der Waals surface area contributed by atoms with E-state index in [1.165, 1.54) is 12.1 Å². The molecule has 2 aromatic rings. The summed E-state index contributed by atoms with van der Waals surface area (Å²) in [5.41, 5.74) is 7.57. The summed E-state index contributed by atoms with van der Waals surface area (Å²) >= 11 is 5.90. The Morgan fingerprint density at radius 1 is 1.00 bits per heavy atom. The van der Waals surface area contributed by atoms with Crippen LogP contribution in [0, 0.1) is 0 Å². The molecule has 0 aliphatic rings. The summed E-state index contributed by atoms with van der Waals surface area (Å²) in [6, 6.07) is 13.0. The van der Waals surface area contributed by atoms with Gasteiger partial charge in [-0.05, 0) is 35.4 Å². The summed E-state index contributed by atoms with van der Waals surface area (Å²) in [5, 5.41) is 0.577. The highest BCUT2D eigenvalue weighted by atomic mass is 35.5. The normalized spacial score (nSPS) is 11.8. The van der Waals surface area contributed by atoms with Gasteiger partial charge in [-0.15, -0.1) is 12.4 Å². The van der Waals surface area contributed by atoms with Crippen molar-refractivity contribution in [1.29, 1.82) is 0 Å². The van der Waals surface area contributed by atoms with Crippen molar-refractivity contribution in [3.8, 4) is 5.75 Å². The van der Waals surface area contributed by atoms with Gasteiger partial charge in [0, 0.05) is 5.02 Å². The van der Waals surface area contributed by atoms with E-state index in [1.54, 1.807) is 30.3 Å². The summed E-state index contributed by atoms with van der Waals surface area (Å²) in [7, 11) is 0. The molecule has 0 aromatic heterocycles. The molecule has 2 aromatic carbocycles. The molecule has 0 bridgehead atoms. The van der Waals surface area contributed by atoms with Crippen molar-refractivity contribution in [2.75, 3.05) is 0 Å². The van der Waals surface area contributed by atoms with Gasteiger partial charge in [-0.2, -0.15) is 8.78 Å². The first kappa shape index (κ1) is 16.7. The van der Waals surface area contributed by atoms with Crippen LogP contribution < -0.4 is 10.5 Å². The van der Waals surface area contributed by atoms with Crippen molar-refractivity contribution >= 4 is 24.0 Å². The van der Waals surface area contributed by atoms with Crippen molar-refractivity contribution in [2.45, 2.75) is 12.7 Å². The molecule has 0 saturated heterocycles. The average Bonchev–Trinajstić information content (AvgIpc) is 2.37. The Bertz CT molecular complexity index is 566. The molecule has 0 aliphatic carbocycles. The molecule has 0 aliphatic heterocycles. The number of ether oxygens (including phenoxy) is 1. The highest BCUT2D eigenvalue weighted by Gasteiger charge is 2.11.